The standard InChI is InChI=1S/C10H17/c1-4-6-7-9-10(3)8-5-2/h10H,2,5,7-9H2,1,3H3. The van der Waals surface area contributed by atoms with E-state index in [0.717, 1.165) is 18.8 Å². The molecule has 0 aliphatic carbocycles. The highest BCUT2D eigenvalue weighted by Crippen LogP contribution is 2.10. The van der Waals surface area contributed by atoms with Crippen LogP contribution >= 0.6 is 0 Å². The summed E-state index contributed by atoms with van der Waals surface area (Å²) in [4.78, 5) is 0. The minimum atomic E-state index is 0.804. The summed E-state index contributed by atoms with van der Waals surface area (Å²) in [7, 11) is 0. The molecule has 0 N–H and O–H groups in total. The third-order valence-corrected chi connectivity index (χ3v) is 1.64. The van der Waals surface area contributed by atoms with E-state index in [9.17, 15) is 0 Å². The normalized spacial score (nSPS) is 11.9. The van der Waals surface area contributed by atoms with E-state index < -0.39 is 0 Å². The molecule has 0 fully saturated rings. The Morgan fingerprint density at radius 1 is 1.40 bits per heavy atom. The fourth-order valence-corrected chi connectivity index (χ4v) is 0.936. The monoisotopic (exact) mass is 137 g/mol. The molecule has 0 saturated carbocycles. The molecule has 0 aliphatic heterocycles. The first-order chi connectivity index (χ1) is 4.81. The van der Waals surface area contributed by atoms with Crippen LogP contribution < -0.4 is 0 Å². The molecule has 0 amide bonds. The molecule has 0 saturated heterocycles. The molecular weight excluding hydrogens is 120 g/mol. The van der Waals surface area contributed by atoms with Gasteiger partial charge in [-0.05, 0) is 19.3 Å². The number of rotatable bonds is 4. The zero-order valence-corrected chi connectivity index (χ0v) is 7.11. The largest absolute Gasteiger partial charge is 0.107 e. The summed E-state index contributed by atoms with van der Waals surface area (Å²) in [6.45, 7) is 7.98. The Labute approximate surface area is 65.0 Å². The molecule has 1 radical (unpaired) electrons. The average Bonchev–Trinajstić information content (AvgIpc) is 1.89. The Morgan fingerprint density at radius 3 is 2.60 bits per heavy atom. The number of hydrogen-bond acceptors (Lipinski definition) is 0. The van der Waals surface area contributed by atoms with Gasteiger partial charge in [0.15, 0.2) is 0 Å². The second kappa shape index (κ2) is 6.68. The van der Waals surface area contributed by atoms with Crippen molar-refractivity contribution in [3.63, 3.8) is 0 Å². The van der Waals surface area contributed by atoms with Crippen molar-refractivity contribution < 1.29 is 0 Å². The Bertz CT molecular complexity index is 114. The van der Waals surface area contributed by atoms with Crippen LogP contribution in [0.25, 0.3) is 0 Å². The second-order valence-corrected chi connectivity index (χ2v) is 2.71. The first-order valence-electron chi connectivity index (χ1n) is 4.00. The lowest BCUT2D eigenvalue weighted by Crippen LogP contribution is -1.91. The summed E-state index contributed by atoms with van der Waals surface area (Å²) in [5, 5.41) is 0. The van der Waals surface area contributed by atoms with E-state index in [1.807, 2.05) is 6.92 Å². The number of hydrogen-bond donors (Lipinski definition) is 0. The molecule has 1 atom stereocenters. The Morgan fingerprint density at radius 2 is 2.10 bits per heavy atom. The molecule has 10 heavy (non-hydrogen) atoms. The molecular formula is C10H17. The topological polar surface area (TPSA) is 0 Å². The van der Waals surface area contributed by atoms with E-state index in [-0.39, 0.29) is 0 Å². The Hall–Kier alpha value is -0.440. The van der Waals surface area contributed by atoms with Gasteiger partial charge in [-0.1, -0.05) is 26.7 Å². The quantitative estimate of drug-likeness (QED) is 0.522. The lowest BCUT2D eigenvalue weighted by atomic mass is 10.0. The molecule has 0 bridgehead atoms. The van der Waals surface area contributed by atoms with Gasteiger partial charge in [0.25, 0.3) is 0 Å². The van der Waals surface area contributed by atoms with Gasteiger partial charge >= 0.3 is 0 Å². The summed E-state index contributed by atoms with van der Waals surface area (Å²) in [5.74, 6) is 6.77. The fourth-order valence-electron chi connectivity index (χ4n) is 0.936. The molecule has 0 aromatic heterocycles. The van der Waals surface area contributed by atoms with Crippen molar-refractivity contribution in [1.82, 2.24) is 0 Å². The molecule has 0 spiro atoms. The summed E-state index contributed by atoms with van der Waals surface area (Å²) in [5.41, 5.74) is 0. The smallest absolute Gasteiger partial charge is 0.00911 e. The fraction of sp³-hybridized carbons (Fsp3) is 0.700. The Balaban J connectivity index is 3.18. The molecule has 0 aliphatic rings. The zero-order chi connectivity index (χ0) is 7.82. The van der Waals surface area contributed by atoms with Crippen molar-refractivity contribution >= 4 is 0 Å². The maximum atomic E-state index is 3.82. The lowest BCUT2D eigenvalue weighted by Gasteiger charge is -2.05. The van der Waals surface area contributed by atoms with E-state index >= 15 is 0 Å². The summed E-state index contributed by atoms with van der Waals surface area (Å²) in [6.07, 6.45) is 4.58. The highest BCUT2D eigenvalue weighted by Gasteiger charge is 1.97. The molecule has 0 rings (SSSR count). The van der Waals surface area contributed by atoms with Crippen LogP contribution in [0, 0.1) is 24.7 Å². The third kappa shape index (κ3) is 5.69. The third-order valence-electron chi connectivity index (χ3n) is 1.64. The molecule has 0 heteroatoms. The lowest BCUT2D eigenvalue weighted by molar-refractivity contribution is 0.504. The van der Waals surface area contributed by atoms with Crippen LogP contribution in [0.2, 0.25) is 0 Å². The van der Waals surface area contributed by atoms with Crippen LogP contribution in [0.15, 0.2) is 0 Å². The van der Waals surface area contributed by atoms with Crippen molar-refractivity contribution in [2.45, 2.75) is 39.5 Å². The van der Waals surface area contributed by atoms with Gasteiger partial charge in [-0.3, -0.25) is 0 Å². The first kappa shape index (κ1) is 9.56. The maximum absolute atomic E-state index is 3.82. The van der Waals surface area contributed by atoms with Crippen molar-refractivity contribution in [3.8, 4) is 11.8 Å². The predicted molar refractivity (Wildman–Crippen MR) is 46.4 cm³/mol. The van der Waals surface area contributed by atoms with Gasteiger partial charge in [0.1, 0.15) is 0 Å². The SMILES string of the molecule is [CH2]CCC(C)CCC#CC. The van der Waals surface area contributed by atoms with E-state index in [2.05, 4.69) is 25.7 Å². The molecule has 0 aromatic carbocycles. The zero-order valence-electron chi connectivity index (χ0n) is 7.11. The minimum Gasteiger partial charge on any atom is -0.107 e. The molecule has 0 aromatic rings. The summed E-state index contributed by atoms with van der Waals surface area (Å²) >= 11 is 0. The average molecular weight is 137 g/mol. The van der Waals surface area contributed by atoms with Crippen LogP contribution in [0.5, 0.6) is 0 Å². The van der Waals surface area contributed by atoms with Crippen LogP contribution in [0.3, 0.4) is 0 Å². The summed E-state index contributed by atoms with van der Waals surface area (Å²) in [6, 6.07) is 0. The van der Waals surface area contributed by atoms with Crippen molar-refractivity contribution in [1.29, 1.82) is 0 Å². The van der Waals surface area contributed by atoms with Crippen molar-refractivity contribution in [3.05, 3.63) is 6.92 Å². The molecule has 0 nitrogen and oxygen atoms in total. The highest BCUT2D eigenvalue weighted by atomic mass is 14.0. The first-order valence-corrected chi connectivity index (χ1v) is 4.00. The van der Waals surface area contributed by atoms with Crippen LogP contribution in [0.1, 0.15) is 39.5 Å². The van der Waals surface area contributed by atoms with Crippen molar-refractivity contribution in [2.75, 3.05) is 0 Å². The molecule has 0 heterocycles. The van der Waals surface area contributed by atoms with Crippen LogP contribution in [-0.4, -0.2) is 0 Å². The van der Waals surface area contributed by atoms with Gasteiger partial charge in [0, 0.05) is 6.42 Å². The maximum Gasteiger partial charge on any atom is 0.00911 e. The van der Waals surface area contributed by atoms with Gasteiger partial charge in [-0.25, -0.2) is 0 Å². The van der Waals surface area contributed by atoms with Gasteiger partial charge in [-0.15, -0.1) is 11.8 Å². The molecule has 57 valence electrons. The second-order valence-electron chi connectivity index (χ2n) is 2.71. The minimum absolute atomic E-state index is 0.804. The van der Waals surface area contributed by atoms with E-state index in [0.29, 0.717) is 0 Å². The van der Waals surface area contributed by atoms with Crippen LogP contribution in [0.4, 0.5) is 0 Å². The van der Waals surface area contributed by atoms with Crippen LogP contribution in [-0.2, 0) is 0 Å². The molecule has 1 unspecified atom stereocenters. The van der Waals surface area contributed by atoms with Gasteiger partial charge in [-0.2, -0.15) is 0 Å². The Kier molecular flexibility index (Phi) is 6.38. The van der Waals surface area contributed by atoms with E-state index in [1.165, 1.54) is 12.8 Å². The van der Waals surface area contributed by atoms with Gasteiger partial charge in [0.2, 0.25) is 0 Å². The summed E-state index contributed by atoms with van der Waals surface area (Å²) < 4.78 is 0. The van der Waals surface area contributed by atoms with Crippen molar-refractivity contribution in [2.24, 2.45) is 5.92 Å². The predicted octanol–water partition coefficient (Wildman–Crippen LogP) is 3.04. The van der Waals surface area contributed by atoms with E-state index in [4.69, 9.17) is 0 Å². The highest BCUT2D eigenvalue weighted by molar-refractivity contribution is 4.94. The van der Waals surface area contributed by atoms with Gasteiger partial charge in [0.05, 0.1) is 0 Å². The van der Waals surface area contributed by atoms with E-state index in [1.54, 1.807) is 0 Å². The van der Waals surface area contributed by atoms with Gasteiger partial charge < -0.3 is 0 Å².